The molecular formula is C33H46N2O9. The number of carboxylic acids is 2. The standard InChI is InChI=1S/C29H42N2O5.C4H4O4/c1-27-10-7-21(36-26(33)31-15-13-30-14-16-31)17-20(27)4-5-24-23(27)8-11-28(2)22(9-12-29(24,28)34)19-3-6-25(32)35-18-19;5-3(6)1-2-4(7)8/h3,6,18,20-24,30,34H,4-5,7-17H2,1-2H3;1-2H,(H,5,6)(H,7,8)/b;2-1-/t20-,21+,22-,23+,24-,27+,28-,29+;/m1./s1. The first-order valence-corrected chi connectivity index (χ1v) is 16.0. The lowest BCUT2D eigenvalue weighted by molar-refractivity contribution is -0.205. The molecule has 5 aliphatic rings. The Hall–Kier alpha value is -3.18. The van der Waals surface area contributed by atoms with E-state index in [2.05, 4.69) is 19.2 Å². The number of nitrogens with zero attached hydrogens (tertiary/aromatic N) is 1. The van der Waals surface area contributed by atoms with Gasteiger partial charge in [0.15, 0.2) is 0 Å². The van der Waals surface area contributed by atoms with Gasteiger partial charge in [-0.2, -0.15) is 0 Å². The maximum atomic E-state index is 12.7. The van der Waals surface area contributed by atoms with E-state index >= 15 is 0 Å². The number of hydrogen-bond acceptors (Lipinski definition) is 8. The zero-order chi connectivity index (χ0) is 31.7. The highest BCUT2D eigenvalue weighted by Crippen LogP contribution is 2.70. The van der Waals surface area contributed by atoms with Crippen molar-refractivity contribution in [2.24, 2.45) is 28.6 Å². The van der Waals surface area contributed by atoms with Crippen LogP contribution in [-0.4, -0.2) is 76.1 Å². The van der Waals surface area contributed by atoms with Crippen molar-refractivity contribution in [1.29, 1.82) is 0 Å². The second kappa shape index (κ2) is 12.7. The molecule has 1 aromatic rings. The molecule has 1 saturated heterocycles. The molecule has 1 aliphatic heterocycles. The molecule has 0 spiro atoms. The summed E-state index contributed by atoms with van der Waals surface area (Å²) < 4.78 is 11.2. The number of aliphatic hydroxyl groups is 1. The molecule has 4 aliphatic carbocycles. The fourth-order valence-corrected chi connectivity index (χ4v) is 9.60. The number of aliphatic carboxylic acids is 2. The van der Waals surface area contributed by atoms with E-state index in [4.69, 9.17) is 19.4 Å². The maximum absolute atomic E-state index is 12.7. The number of amides is 1. The van der Waals surface area contributed by atoms with Gasteiger partial charge < -0.3 is 34.7 Å². The van der Waals surface area contributed by atoms with Crippen LogP contribution in [0.15, 0.2) is 39.8 Å². The molecule has 0 unspecified atom stereocenters. The summed E-state index contributed by atoms with van der Waals surface area (Å²) in [5, 5.41) is 31.3. The van der Waals surface area contributed by atoms with Crippen LogP contribution in [0.3, 0.4) is 0 Å². The Labute approximate surface area is 257 Å². The zero-order valence-corrected chi connectivity index (χ0v) is 25.7. The quantitative estimate of drug-likeness (QED) is 0.364. The highest BCUT2D eigenvalue weighted by atomic mass is 16.6. The number of carboxylic acid groups (broad SMARTS) is 2. The van der Waals surface area contributed by atoms with E-state index in [1.165, 1.54) is 6.07 Å². The van der Waals surface area contributed by atoms with Gasteiger partial charge in [0.05, 0.1) is 11.9 Å². The fourth-order valence-electron chi connectivity index (χ4n) is 9.60. The van der Waals surface area contributed by atoms with Gasteiger partial charge in [-0.25, -0.2) is 19.2 Å². The number of nitrogens with one attached hydrogen (secondary N) is 1. The lowest BCUT2D eigenvalue weighted by Crippen LogP contribution is -2.62. The van der Waals surface area contributed by atoms with Gasteiger partial charge in [-0.05, 0) is 98.5 Å². The van der Waals surface area contributed by atoms with Gasteiger partial charge in [0.25, 0.3) is 0 Å². The molecule has 44 heavy (non-hydrogen) atoms. The molecule has 242 valence electrons. The summed E-state index contributed by atoms with van der Waals surface area (Å²) in [6, 6.07) is 3.42. The monoisotopic (exact) mass is 614 g/mol. The maximum Gasteiger partial charge on any atom is 0.410 e. The van der Waals surface area contributed by atoms with Crippen LogP contribution in [-0.2, 0) is 14.3 Å². The molecule has 11 nitrogen and oxygen atoms in total. The third kappa shape index (κ3) is 6.05. The highest BCUT2D eigenvalue weighted by molar-refractivity contribution is 5.89. The molecule has 0 bridgehead atoms. The van der Waals surface area contributed by atoms with Gasteiger partial charge in [-0.1, -0.05) is 13.8 Å². The van der Waals surface area contributed by atoms with Crippen molar-refractivity contribution in [2.45, 2.75) is 89.3 Å². The first kappa shape index (κ1) is 32.2. The molecule has 4 N–H and O–H groups in total. The van der Waals surface area contributed by atoms with E-state index in [1.54, 1.807) is 6.26 Å². The first-order valence-electron chi connectivity index (χ1n) is 16.0. The second-order valence-corrected chi connectivity index (χ2v) is 13.9. The molecule has 1 amide bonds. The molecule has 11 heteroatoms. The largest absolute Gasteiger partial charge is 0.478 e. The molecule has 0 radical (unpaired) electrons. The summed E-state index contributed by atoms with van der Waals surface area (Å²) in [6.07, 6.45) is 11.6. The van der Waals surface area contributed by atoms with Crippen LogP contribution in [0.1, 0.15) is 83.1 Å². The average Bonchev–Trinajstić information content (AvgIpc) is 3.28. The summed E-state index contributed by atoms with van der Waals surface area (Å²) in [6.45, 7) is 7.88. The fraction of sp³-hybridized carbons (Fsp3) is 0.697. The van der Waals surface area contributed by atoms with E-state index in [-0.39, 0.29) is 34.6 Å². The molecule has 1 aromatic heterocycles. The Morgan fingerprint density at radius 3 is 2.30 bits per heavy atom. The molecule has 8 atom stereocenters. The number of ether oxygens (including phenoxy) is 1. The van der Waals surface area contributed by atoms with E-state index < -0.39 is 17.5 Å². The molecule has 6 rings (SSSR count). The van der Waals surface area contributed by atoms with Gasteiger partial charge in [-0.3, -0.25) is 0 Å². The van der Waals surface area contributed by atoms with Crippen molar-refractivity contribution < 1.29 is 38.9 Å². The predicted molar refractivity (Wildman–Crippen MR) is 160 cm³/mol. The Balaban J connectivity index is 0.000000426. The van der Waals surface area contributed by atoms with Crippen LogP contribution in [0.25, 0.3) is 0 Å². The summed E-state index contributed by atoms with van der Waals surface area (Å²) in [5.41, 5.74) is 0.0404. The van der Waals surface area contributed by atoms with Crippen LogP contribution in [0.2, 0.25) is 0 Å². The first-order chi connectivity index (χ1) is 20.9. The number of fused-ring (bicyclic) bond motifs is 5. The van der Waals surface area contributed by atoms with E-state index in [0.717, 1.165) is 89.5 Å². The van der Waals surface area contributed by atoms with Crippen molar-refractivity contribution in [3.63, 3.8) is 0 Å². The molecule has 5 fully saturated rings. The summed E-state index contributed by atoms with van der Waals surface area (Å²) in [5.74, 6) is -0.940. The topological polar surface area (TPSA) is 167 Å². The van der Waals surface area contributed by atoms with Crippen molar-refractivity contribution in [2.75, 3.05) is 26.2 Å². The number of carbonyl (C=O) groups is 3. The SMILES string of the molecule is C[C@]12CC[C@H](OC(=O)N3CCNCC3)C[C@H]1CC[C@@H]1[C@@H]2CC[C@]2(C)[C@@H](c3ccc(=O)oc3)CC[C@]12O.O=C(O)/C=C\C(=O)O. The van der Waals surface area contributed by atoms with Crippen molar-refractivity contribution in [3.8, 4) is 0 Å². The lowest BCUT2D eigenvalue weighted by Gasteiger charge is -2.63. The van der Waals surface area contributed by atoms with Gasteiger partial charge in [0.1, 0.15) is 6.10 Å². The van der Waals surface area contributed by atoms with Crippen LogP contribution in [0, 0.1) is 28.6 Å². The third-order valence-corrected chi connectivity index (χ3v) is 11.9. The number of hydrogen-bond donors (Lipinski definition) is 4. The average molecular weight is 615 g/mol. The predicted octanol–water partition coefficient (Wildman–Crippen LogP) is 4.00. The minimum Gasteiger partial charge on any atom is -0.478 e. The van der Waals surface area contributed by atoms with Crippen molar-refractivity contribution >= 4 is 18.0 Å². The lowest BCUT2D eigenvalue weighted by atomic mass is 9.43. The third-order valence-electron chi connectivity index (χ3n) is 11.9. The van der Waals surface area contributed by atoms with Gasteiger partial charge >= 0.3 is 23.7 Å². The van der Waals surface area contributed by atoms with Gasteiger partial charge in [0, 0.05) is 49.8 Å². The zero-order valence-electron chi connectivity index (χ0n) is 25.7. The molecule has 0 aromatic carbocycles. The minimum atomic E-state index is -1.26. The van der Waals surface area contributed by atoms with Crippen molar-refractivity contribution in [1.82, 2.24) is 10.2 Å². The van der Waals surface area contributed by atoms with Crippen LogP contribution in [0.4, 0.5) is 4.79 Å². The van der Waals surface area contributed by atoms with E-state index in [1.807, 2.05) is 11.0 Å². The number of carbonyl (C=O) groups excluding carboxylic acids is 1. The number of rotatable bonds is 4. The summed E-state index contributed by atoms with van der Waals surface area (Å²) in [7, 11) is 0. The van der Waals surface area contributed by atoms with Gasteiger partial charge in [0.2, 0.25) is 0 Å². The Morgan fingerprint density at radius 1 is 0.955 bits per heavy atom. The van der Waals surface area contributed by atoms with Crippen LogP contribution >= 0.6 is 0 Å². The smallest absolute Gasteiger partial charge is 0.410 e. The molecule has 4 saturated carbocycles. The summed E-state index contributed by atoms with van der Waals surface area (Å²) in [4.78, 5) is 45.2. The summed E-state index contributed by atoms with van der Waals surface area (Å²) >= 11 is 0. The van der Waals surface area contributed by atoms with Gasteiger partial charge in [-0.15, -0.1) is 0 Å². The van der Waals surface area contributed by atoms with Crippen molar-refractivity contribution in [3.05, 3.63) is 46.5 Å². The normalized spacial score (nSPS) is 38.0. The Kier molecular flexibility index (Phi) is 9.28. The highest BCUT2D eigenvalue weighted by Gasteiger charge is 2.67. The van der Waals surface area contributed by atoms with Crippen LogP contribution < -0.4 is 10.9 Å². The molecular weight excluding hydrogens is 568 g/mol. The second-order valence-electron chi connectivity index (χ2n) is 13.9. The Bertz CT molecular complexity index is 1290. The Morgan fingerprint density at radius 2 is 1.66 bits per heavy atom. The van der Waals surface area contributed by atoms with Crippen LogP contribution in [0.5, 0.6) is 0 Å². The van der Waals surface area contributed by atoms with E-state index in [0.29, 0.717) is 29.9 Å². The number of piperazine rings is 1. The minimum absolute atomic E-state index is 0.0163. The van der Waals surface area contributed by atoms with E-state index in [9.17, 15) is 24.3 Å². The molecule has 2 heterocycles.